The standard InChI is InChI=1S/C17H21N3O/c1-3-20(16-10-4-13(2)5-11-16)12-17(21)19-15-8-6-14(18)7-9-15/h4-11H,3,12,18H2,1-2H3,(H,19,21). The lowest BCUT2D eigenvalue weighted by molar-refractivity contribution is -0.115. The molecule has 0 unspecified atom stereocenters. The number of nitrogen functional groups attached to an aromatic ring is 1. The number of nitrogens with zero attached hydrogens (tertiary/aromatic N) is 1. The van der Waals surface area contributed by atoms with E-state index in [1.807, 2.05) is 30.9 Å². The number of carbonyl (C=O) groups excluding carboxylic acids is 1. The van der Waals surface area contributed by atoms with E-state index in [4.69, 9.17) is 5.73 Å². The lowest BCUT2D eigenvalue weighted by Gasteiger charge is -2.22. The summed E-state index contributed by atoms with van der Waals surface area (Å²) in [6.07, 6.45) is 0. The average Bonchev–Trinajstić information content (AvgIpc) is 2.48. The number of likely N-dealkylation sites (N-methyl/N-ethyl adjacent to an activating group) is 1. The summed E-state index contributed by atoms with van der Waals surface area (Å²) in [5.41, 5.74) is 9.33. The summed E-state index contributed by atoms with van der Waals surface area (Å²) < 4.78 is 0. The monoisotopic (exact) mass is 283 g/mol. The number of aryl methyl sites for hydroxylation is 1. The van der Waals surface area contributed by atoms with Crippen molar-refractivity contribution in [2.45, 2.75) is 13.8 Å². The Kier molecular flexibility index (Phi) is 4.82. The predicted molar refractivity (Wildman–Crippen MR) is 88.6 cm³/mol. The van der Waals surface area contributed by atoms with E-state index in [-0.39, 0.29) is 5.91 Å². The molecular formula is C17H21N3O. The predicted octanol–water partition coefficient (Wildman–Crippen LogP) is 3.04. The lowest BCUT2D eigenvalue weighted by Crippen LogP contribution is -2.33. The zero-order valence-corrected chi connectivity index (χ0v) is 12.5. The highest BCUT2D eigenvalue weighted by Crippen LogP contribution is 2.15. The molecule has 4 nitrogen and oxygen atoms in total. The minimum absolute atomic E-state index is 0.0396. The molecular weight excluding hydrogens is 262 g/mol. The summed E-state index contributed by atoms with van der Waals surface area (Å²) in [6, 6.07) is 15.3. The van der Waals surface area contributed by atoms with Crippen molar-refractivity contribution in [2.24, 2.45) is 0 Å². The van der Waals surface area contributed by atoms with Crippen LogP contribution in [0, 0.1) is 6.92 Å². The molecule has 4 heteroatoms. The van der Waals surface area contributed by atoms with Gasteiger partial charge in [0, 0.05) is 23.6 Å². The van der Waals surface area contributed by atoms with Crippen LogP contribution in [0.5, 0.6) is 0 Å². The SMILES string of the molecule is CCN(CC(=O)Nc1ccc(N)cc1)c1ccc(C)cc1. The lowest BCUT2D eigenvalue weighted by atomic mass is 10.2. The topological polar surface area (TPSA) is 58.4 Å². The van der Waals surface area contributed by atoms with Gasteiger partial charge in [-0.15, -0.1) is 0 Å². The highest BCUT2D eigenvalue weighted by molar-refractivity contribution is 5.94. The second kappa shape index (κ2) is 6.79. The van der Waals surface area contributed by atoms with E-state index < -0.39 is 0 Å². The number of carbonyl (C=O) groups is 1. The van der Waals surface area contributed by atoms with Gasteiger partial charge in [0.2, 0.25) is 5.91 Å². The number of anilines is 3. The van der Waals surface area contributed by atoms with Gasteiger partial charge in [-0.1, -0.05) is 17.7 Å². The Morgan fingerprint density at radius 2 is 1.71 bits per heavy atom. The third-order valence-corrected chi connectivity index (χ3v) is 3.31. The van der Waals surface area contributed by atoms with E-state index in [1.54, 1.807) is 24.3 Å². The summed E-state index contributed by atoms with van der Waals surface area (Å²) in [6.45, 7) is 5.19. The maximum atomic E-state index is 12.1. The molecule has 0 aliphatic rings. The number of amides is 1. The van der Waals surface area contributed by atoms with Gasteiger partial charge in [-0.2, -0.15) is 0 Å². The summed E-state index contributed by atoms with van der Waals surface area (Å²) in [7, 11) is 0. The van der Waals surface area contributed by atoms with Crippen LogP contribution in [0.4, 0.5) is 17.1 Å². The van der Waals surface area contributed by atoms with E-state index in [0.29, 0.717) is 12.2 Å². The molecule has 2 aromatic carbocycles. The Hall–Kier alpha value is -2.49. The van der Waals surface area contributed by atoms with Crippen molar-refractivity contribution in [1.82, 2.24) is 0 Å². The van der Waals surface area contributed by atoms with Crippen LogP contribution in [0.15, 0.2) is 48.5 Å². The van der Waals surface area contributed by atoms with Crippen LogP contribution in [-0.2, 0) is 4.79 Å². The first-order valence-corrected chi connectivity index (χ1v) is 7.05. The Labute approximate surface area is 125 Å². The molecule has 0 heterocycles. The molecule has 0 radical (unpaired) electrons. The first-order chi connectivity index (χ1) is 10.1. The molecule has 1 amide bonds. The minimum atomic E-state index is -0.0396. The van der Waals surface area contributed by atoms with Crippen LogP contribution in [0.25, 0.3) is 0 Å². The molecule has 3 N–H and O–H groups in total. The Balaban J connectivity index is 1.99. The maximum Gasteiger partial charge on any atom is 0.243 e. The van der Waals surface area contributed by atoms with Gasteiger partial charge in [-0.05, 0) is 50.2 Å². The summed E-state index contributed by atoms with van der Waals surface area (Å²) in [5.74, 6) is -0.0396. The van der Waals surface area contributed by atoms with Gasteiger partial charge in [0.15, 0.2) is 0 Å². The zero-order chi connectivity index (χ0) is 15.2. The van der Waals surface area contributed by atoms with Gasteiger partial charge in [0.05, 0.1) is 6.54 Å². The molecule has 2 aromatic rings. The Bertz CT molecular complexity index is 590. The van der Waals surface area contributed by atoms with Crippen LogP contribution >= 0.6 is 0 Å². The molecule has 2 rings (SSSR count). The number of hydrogen-bond donors (Lipinski definition) is 2. The van der Waals surface area contributed by atoms with Crippen LogP contribution in [-0.4, -0.2) is 19.0 Å². The quantitative estimate of drug-likeness (QED) is 0.829. The third kappa shape index (κ3) is 4.24. The molecule has 0 fully saturated rings. The molecule has 0 atom stereocenters. The summed E-state index contributed by atoms with van der Waals surface area (Å²) >= 11 is 0. The molecule has 21 heavy (non-hydrogen) atoms. The molecule has 0 aliphatic heterocycles. The molecule has 110 valence electrons. The number of rotatable bonds is 5. The summed E-state index contributed by atoms with van der Waals surface area (Å²) in [5, 5.41) is 2.88. The highest BCUT2D eigenvalue weighted by Gasteiger charge is 2.10. The van der Waals surface area contributed by atoms with Gasteiger partial charge in [-0.25, -0.2) is 0 Å². The third-order valence-electron chi connectivity index (χ3n) is 3.31. The van der Waals surface area contributed by atoms with Gasteiger partial charge < -0.3 is 16.0 Å². The van der Waals surface area contributed by atoms with Crippen LogP contribution < -0.4 is 16.0 Å². The Morgan fingerprint density at radius 1 is 1.10 bits per heavy atom. The fraction of sp³-hybridized carbons (Fsp3) is 0.235. The molecule has 0 saturated carbocycles. The molecule has 0 aromatic heterocycles. The molecule has 0 saturated heterocycles. The fourth-order valence-corrected chi connectivity index (χ4v) is 2.08. The second-order valence-corrected chi connectivity index (χ2v) is 5.02. The van der Waals surface area contributed by atoms with Crippen LogP contribution in [0.2, 0.25) is 0 Å². The van der Waals surface area contributed by atoms with Crippen LogP contribution in [0.1, 0.15) is 12.5 Å². The van der Waals surface area contributed by atoms with Crippen LogP contribution in [0.3, 0.4) is 0 Å². The second-order valence-electron chi connectivity index (χ2n) is 5.02. The summed E-state index contributed by atoms with van der Waals surface area (Å²) in [4.78, 5) is 14.2. The van der Waals surface area contributed by atoms with Crippen molar-refractivity contribution in [1.29, 1.82) is 0 Å². The fourth-order valence-electron chi connectivity index (χ4n) is 2.08. The van der Waals surface area contributed by atoms with Crippen molar-refractivity contribution in [2.75, 3.05) is 29.0 Å². The molecule has 0 aliphatic carbocycles. The van der Waals surface area contributed by atoms with Crippen molar-refractivity contribution in [3.63, 3.8) is 0 Å². The van der Waals surface area contributed by atoms with Gasteiger partial charge in [-0.3, -0.25) is 4.79 Å². The van der Waals surface area contributed by atoms with Gasteiger partial charge in [0.1, 0.15) is 0 Å². The van der Waals surface area contributed by atoms with Crippen molar-refractivity contribution in [3.05, 3.63) is 54.1 Å². The highest BCUT2D eigenvalue weighted by atomic mass is 16.2. The van der Waals surface area contributed by atoms with E-state index >= 15 is 0 Å². The Morgan fingerprint density at radius 3 is 2.29 bits per heavy atom. The van der Waals surface area contributed by atoms with E-state index in [2.05, 4.69) is 17.4 Å². The van der Waals surface area contributed by atoms with Crippen molar-refractivity contribution in [3.8, 4) is 0 Å². The number of nitrogens with one attached hydrogen (secondary N) is 1. The van der Waals surface area contributed by atoms with E-state index in [0.717, 1.165) is 17.9 Å². The van der Waals surface area contributed by atoms with Crippen molar-refractivity contribution >= 4 is 23.0 Å². The smallest absolute Gasteiger partial charge is 0.243 e. The number of nitrogens with two attached hydrogens (primary N) is 1. The normalized spacial score (nSPS) is 10.2. The molecule has 0 spiro atoms. The van der Waals surface area contributed by atoms with Crippen molar-refractivity contribution < 1.29 is 4.79 Å². The average molecular weight is 283 g/mol. The van der Waals surface area contributed by atoms with Gasteiger partial charge >= 0.3 is 0 Å². The van der Waals surface area contributed by atoms with E-state index in [9.17, 15) is 4.79 Å². The minimum Gasteiger partial charge on any atom is -0.399 e. The largest absolute Gasteiger partial charge is 0.399 e. The number of hydrogen-bond acceptors (Lipinski definition) is 3. The van der Waals surface area contributed by atoms with E-state index in [1.165, 1.54) is 5.56 Å². The molecule has 0 bridgehead atoms. The first kappa shape index (κ1) is 14.9. The first-order valence-electron chi connectivity index (χ1n) is 7.05. The zero-order valence-electron chi connectivity index (χ0n) is 12.5. The van der Waals surface area contributed by atoms with Gasteiger partial charge in [0.25, 0.3) is 0 Å². The maximum absolute atomic E-state index is 12.1. The number of benzene rings is 2.